The first-order valence-electron chi connectivity index (χ1n) is 22.1. The molecule has 7 heteroatoms. The van der Waals surface area contributed by atoms with Crippen LogP contribution in [0.3, 0.4) is 0 Å². The third kappa shape index (κ3) is 14.1. The smallest absolute Gasteiger partial charge is 0.0985 e. The molecule has 3 aliphatic rings. The highest BCUT2D eigenvalue weighted by Crippen LogP contribution is 2.35. The second-order valence-corrected chi connectivity index (χ2v) is 23.7. The van der Waals surface area contributed by atoms with Crippen molar-refractivity contribution in [3.8, 4) is 0 Å². The summed E-state index contributed by atoms with van der Waals surface area (Å²) in [5, 5.41) is 2.59. The Bertz CT molecular complexity index is 1870. The lowest BCUT2D eigenvalue weighted by Gasteiger charge is -2.27. The van der Waals surface area contributed by atoms with Gasteiger partial charge >= 0.3 is 0 Å². The van der Waals surface area contributed by atoms with E-state index >= 15 is 0 Å². The van der Waals surface area contributed by atoms with Gasteiger partial charge in [-0.25, -0.2) is 9.97 Å². The van der Waals surface area contributed by atoms with Gasteiger partial charge < -0.3 is 14.7 Å². The Hall–Kier alpha value is -2.42. The van der Waals surface area contributed by atoms with E-state index in [9.17, 15) is 0 Å². The van der Waals surface area contributed by atoms with Crippen molar-refractivity contribution in [3.63, 3.8) is 0 Å². The number of hydrogen-bond acceptors (Lipinski definition) is 7. The lowest BCUT2D eigenvalue weighted by Crippen LogP contribution is -2.32. The molecule has 7 rings (SSSR count). The van der Waals surface area contributed by atoms with Gasteiger partial charge in [-0.15, -0.1) is 22.7 Å². The van der Waals surface area contributed by atoms with Crippen LogP contribution < -0.4 is 0 Å². The molecule has 1 atom stereocenters. The molecule has 0 radical (unpaired) electrons. The Morgan fingerprint density at radius 1 is 0.621 bits per heavy atom. The second kappa shape index (κ2) is 20.0. The Kier molecular flexibility index (Phi) is 16.6. The van der Waals surface area contributed by atoms with Crippen LogP contribution in [-0.2, 0) is 66.9 Å². The van der Waals surface area contributed by atoms with Crippen LogP contribution in [0.25, 0.3) is 0 Å². The SMILES string of the molecule is CCCc1ccc(C(C)(C)C)cc1.CN(C)C1CCc2nc(C(C)(C)C)sc2C1.CN1CCc2ccc(C(C)(C)C)cc2C1.CN1CCc2nc(C(C)(C)C)sc2C1. The minimum atomic E-state index is 0.204. The van der Waals surface area contributed by atoms with Crippen LogP contribution in [0, 0.1) is 0 Å². The molecule has 2 aliphatic heterocycles. The molecule has 4 aromatic rings. The zero-order valence-electron chi connectivity index (χ0n) is 39.9. The number of fused-ring (bicyclic) bond motifs is 3. The number of benzene rings is 2. The van der Waals surface area contributed by atoms with Gasteiger partial charge in [0.2, 0.25) is 0 Å². The highest BCUT2D eigenvalue weighted by atomic mass is 32.1. The second-order valence-electron chi connectivity index (χ2n) is 21.5. The Balaban J connectivity index is 0.000000172. The van der Waals surface area contributed by atoms with Gasteiger partial charge in [0.05, 0.1) is 21.4 Å². The van der Waals surface area contributed by atoms with Crippen LogP contribution in [0.1, 0.15) is 162 Å². The Morgan fingerprint density at radius 2 is 1.14 bits per heavy atom. The van der Waals surface area contributed by atoms with Crippen LogP contribution in [0.15, 0.2) is 42.5 Å². The van der Waals surface area contributed by atoms with Crippen LogP contribution in [0.4, 0.5) is 0 Å². The molecule has 0 spiro atoms. The number of hydrogen-bond donors (Lipinski definition) is 0. The highest BCUT2D eigenvalue weighted by molar-refractivity contribution is 7.12. The van der Waals surface area contributed by atoms with Crippen molar-refractivity contribution in [2.75, 3.05) is 41.3 Å². The number of nitrogens with zero attached hydrogens (tertiary/aromatic N) is 5. The van der Waals surface area contributed by atoms with E-state index in [1.165, 1.54) is 92.1 Å². The van der Waals surface area contributed by atoms with Gasteiger partial charge in [-0.2, -0.15) is 0 Å². The van der Waals surface area contributed by atoms with Gasteiger partial charge in [0.1, 0.15) is 0 Å². The summed E-state index contributed by atoms with van der Waals surface area (Å²) in [6.07, 6.45) is 8.36. The molecular formula is C51H81N5S2. The standard InChI is InChI=1S/C14H21N.C13H22N2S.C13H20.C11H18N2S/c1-14(2,3)13-6-5-11-7-8-15(4)10-12(11)9-13;1-13(2,3)12-14-10-7-6-9(15(4)5)8-11(10)16-12;1-5-6-11-7-9-12(10-8-11)13(2,3)4;1-11(2,3)10-12-8-5-6-13(4)7-9(8)14-10/h5-6,9H,7-8,10H2,1-4H3;9H,6-8H2,1-5H3;7-10H,5-6H2,1-4H3;5-7H2,1-4H3. The van der Waals surface area contributed by atoms with Crippen molar-refractivity contribution < 1.29 is 0 Å². The van der Waals surface area contributed by atoms with Crippen LogP contribution in [0.5, 0.6) is 0 Å². The average molecular weight is 828 g/mol. The first-order chi connectivity index (χ1) is 26.8. The molecule has 1 unspecified atom stereocenters. The van der Waals surface area contributed by atoms with Crippen molar-refractivity contribution in [2.45, 2.75) is 176 Å². The molecule has 0 N–H and O–H groups in total. The van der Waals surface area contributed by atoms with E-state index in [0.29, 0.717) is 6.04 Å². The van der Waals surface area contributed by atoms with Crippen molar-refractivity contribution in [2.24, 2.45) is 0 Å². The van der Waals surface area contributed by atoms with E-state index in [-0.39, 0.29) is 21.7 Å². The van der Waals surface area contributed by atoms with E-state index in [1.807, 2.05) is 22.7 Å². The first kappa shape index (κ1) is 48.2. The van der Waals surface area contributed by atoms with Crippen LogP contribution in [0.2, 0.25) is 0 Å². The maximum absolute atomic E-state index is 4.82. The number of thiazole rings is 2. The molecule has 0 bridgehead atoms. The van der Waals surface area contributed by atoms with E-state index in [0.717, 1.165) is 32.5 Å². The number of rotatable bonds is 3. The summed E-state index contributed by atoms with van der Waals surface area (Å²) >= 11 is 3.82. The molecule has 0 fully saturated rings. The number of aromatic nitrogens is 2. The molecule has 0 saturated heterocycles. The maximum atomic E-state index is 4.82. The molecule has 2 aromatic heterocycles. The minimum absolute atomic E-state index is 0.204. The summed E-state index contributed by atoms with van der Waals surface area (Å²) in [7, 11) is 8.74. The van der Waals surface area contributed by atoms with E-state index in [4.69, 9.17) is 9.97 Å². The summed E-state index contributed by atoms with van der Waals surface area (Å²) in [4.78, 5) is 19.7. The summed E-state index contributed by atoms with van der Waals surface area (Å²) in [6, 6.07) is 16.7. The van der Waals surface area contributed by atoms with E-state index in [2.05, 4.69) is 175 Å². The number of likely N-dealkylation sites (N-methyl/N-ethyl adjacent to an activating group) is 3. The molecule has 0 saturated carbocycles. The zero-order valence-corrected chi connectivity index (χ0v) is 41.6. The lowest BCUT2D eigenvalue weighted by molar-refractivity contribution is 0.269. The quantitative estimate of drug-likeness (QED) is 0.206. The van der Waals surface area contributed by atoms with Crippen LogP contribution >= 0.6 is 22.7 Å². The van der Waals surface area contributed by atoms with Gasteiger partial charge in [0.25, 0.3) is 0 Å². The highest BCUT2D eigenvalue weighted by Gasteiger charge is 2.28. The normalized spacial score (nSPS) is 17.4. The van der Waals surface area contributed by atoms with Gasteiger partial charge in [-0.1, -0.05) is 139 Å². The van der Waals surface area contributed by atoms with Crippen molar-refractivity contribution >= 4 is 22.7 Å². The van der Waals surface area contributed by atoms with Crippen LogP contribution in [-0.4, -0.2) is 72.0 Å². The molecule has 0 amide bonds. The summed E-state index contributed by atoms with van der Waals surface area (Å²) in [6.45, 7) is 33.8. The van der Waals surface area contributed by atoms with E-state index in [1.54, 1.807) is 5.56 Å². The Labute approximate surface area is 364 Å². The van der Waals surface area contributed by atoms with Crippen molar-refractivity contribution in [3.05, 3.63) is 101 Å². The van der Waals surface area contributed by atoms with Gasteiger partial charge in [-0.3, -0.25) is 0 Å². The molecule has 322 valence electrons. The third-order valence-electron chi connectivity index (χ3n) is 11.5. The fourth-order valence-corrected chi connectivity index (χ4v) is 9.87. The van der Waals surface area contributed by atoms with Gasteiger partial charge in [0, 0.05) is 59.2 Å². The topological polar surface area (TPSA) is 35.5 Å². The summed E-state index contributed by atoms with van der Waals surface area (Å²) in [5.41, 5.74) is 11.1. The fraction of sp³-hybridized carbons (Fsp3) is 0.647. The molecular weight excluding hydrogens is 747 g/mol. The first-order valence-corrected chi connectivity index (χ1v) is 23.7. The van der Waals surface area contributed by atoms with Gasteiger partial charge in [-0.05, 0) is 98.9 Å². The fourth-order valence-electron chi connectivity index (χ4n) is 7.39. The van der Waals surface area contributed by atoms with Gasteiger partial charge in [0.15, 0.2) is 0 Å². The predicted molar refractivity (Wildman–Crippen MR) is 255 cm³/mol. The summed E-state index contributed by atoms with van der Waals surface area (Å²) < 4.78 is 0. The monoisotopic (exact) mass is 828 g/mol. The van der Waals surface area contributed by atoms with Crippen molar-refractivity contribution in [1.29, 1.82) is 0 Å². The minimum Gasteiger partial charge on any atom is -0.306 e. The molecule has 5 nitrogen and oxygen atoms in total. The molecule has 58 heavy (non-hydrogen) atoms. The molecule has 4 heterocycles. The number of aryl methyl sites for hydroxylation is 2. The molecule has 1 aliphatic carbocycles. The predicted octanol–water partition coefficient (Wildman–Crippen LogP) is 12.2. The third-order valence-corrected chi connectivity index (χ3v) is 14.5. The molecule has 2 aromatic carbocycles. The van der Waals surface area contributed by atoms with E-state index < -0.39 is 0 Å². The maximum Gasteiger partial charge on any atom is 0.0985 e. The van der Waals surface area contributed by atoms with Crippen molar-refractivity contribution in [1.82, 2.24) is 24.7 Å². The largest absolute Gasteiger partial charge is 0.306 e. The Morgan fingerprint density at radius 3 is 1.67 bits per heavy atom. The lowest BCUT2D eigenvalue weighted by atomic mass is 9.84. The summed E-state index contributed by atoms with van der Waals surface area (Å²) in [5.74, 6) is 0. The average Bonchev–Trinajstić information content (AvgIpc) is 3.77. The zero-order chi connectivity index (χ0) is 43.2.